The molecule has 1 aromatic carbocycles. The van der Waals surface area contributed by atoms with Crippen LogP contribution in [0.2, 0.25) is 0 Å². The lowest BCUT2D eigenvalue weighted by Crippen LogP contribution is -2.28. The molecular formula is C22H30N4O2. The number of aliphatic hydroxyl groups excluding tert-OH is 1. The zero-order chi connectivity index (χ0) is 19.7. The van der Waals surface area contributed by atoms with Gasteiger partial charge in [0.2, 0.25) is 5.88 Å². The van der Waals surface area contributed by atoms with Crippen LogP contribution in [0.4, 0.5) is 5.82 Å². The van der Waals surface area contributed by atoms with Gasteiger partial charge >= 0.3 is 0 Å². The number of rotatable bonds is 6. The molecule has 0 bridgehead atoms. The minimum Gasteiger partial charge on any atom is -0.474 e. The van der Waals surface area contributed by atoms with Crippen molar-refractivity contribution in [1.29, 1.82) is 0 Å². The molecular weight excluding hydrogens is 352 g/mol. The van der Waals surface area contributed by atoms with E-state index in [1.807, 2.05) is 6.07 Å². The van der Waals surface area contributed by atoms with Gasteiger partial charge in [0.15, 0.2) is 0 Å². The Balaban J connectivity index is 1.49. The van der Waals surface area contributed by atoms with Gasteiger partial charge in [-0.15, -0.1) is 0 Å². The van der Waals surface area contributed by atoms with Gasteiger partial charge in [-0.25, -0.2) is 9.97 Å². The predicted molar refractivity (Wildman–Crippen MR) is 109 cm³/mol. The molecule has 2 aliphatic carbocycles. The van der Waals surface area contributed by atoms with E-state index >= 15 is 0 Å². The average Bonchev–Trinajstić information content (AvgIpc) is 3.14. The van der Waals surface area contributed by atoms with Crippen molar-refractivity contribution in [3.63, 3.8) is 0 Å². The SMILES string of the molecule is C[C@@H]1C[C@H](Oc2cc(N[C@H]3c4ccccc4C[C@H]3CN(C)C)ncn2)C[C@H]1O. The van der Waals surface area contributed by atoms with Gasteiger partial charge in [0.05, 0.1) is 12.1 Å². The standard InChI is InChI=1S/C22H30N4O2/c1-14-8-17(10-19(14)27)28-21-11-20(23-13-24-21)25-22-16(12-26(2)3)9-15-6-4-5-7-18(15)22/h4-7,11,13-14,16-17,19,22,27H,8-10,12H2,1-3H3,(H,23,24,25)/t14-,16+,17+,19-,22-/m1/s1. The first-order chi connectivity index (χ1) is 13.5. The van der Waals surface area contributed by atoms with Crippen molar-refractivity contribution in [3.8, 4) is 5.88 Å². The molecule has 0 unspecified atom stereocenters. The van der Waals surface area contributed by atoms with E-state index in [4.69, 9.17) is 4.74 Å². The lowest BCUT2D eigenvalue weighted by atomic mass is 10.00. The summed E-state index contributed by atoms with van der Waals surface area (Å²) in [5, 5.41) is 13.6. The van der Waals surface area contributed by atoms with Crippen LogP contribution in [0.15, 0.2) is 36.7 Å². The van der Waals surface area contributed by atoms with Gasteiger partial charge in [-0.1, -0.05) is 31.2 Å². The van der Waals surface area contributed by atoms with E-state index < -0.39 is 0 Å². The molecule has 2 aromatic rings. The molecule has 28 heavy (non-hydrogen) atoms. The van der Waals surface area contributed by atoms with E-state index in [9.17, 15) is 5.11 Å². The quantitative estimate of drug-likeness (QED) is 0.801. The molecule has 0 spiro atoms. The average molecular weight is 383 g/mol. The Labute approximate surface area is 167 Å². The third-order valence-corrected chi connectivity index (χ3v) is 5.97. The zero-order valence-electron chi connectivity index (χ0n) is 16.9. The van der Waals surface area contributed by atoms with Gasteiger partial charge in [0.25, 0.3) is 0 Å². The zero-order valence-corrected chi connectivity index (χ0v) is 16.9. The highest BCUT2D eigenvalue weighted by Gasteiger charge is 2.33. The van der Waals surface area contributed by atoms with E-state index in [-0.39, 0.29) is 24.2 Å². The maximum Gasteiger partial charge on any atom is 0.218 e. The number of nitrogens with zero attached hydrogens (tertiary/aromatic N) is 3. The first kappa shape index (κ1) is 19.2. The summed E-state index contributed by atoms with van der Waals surface area (Å²) in [7, 11) is 4.24. The summed E-state index contributed by atoms with van der Waals surface area (Å²) in [5.41, 5.74) is 2.76. The summed E-state index contributed by atoms with van der Waals surface area (Å²) in [6.07, 6.45) is 3.86. The summed E-state index contributed by atoms with van der Waals surface area (Å²) < 4.78 is 6.02. The molecule has 5 atom stereocenters. The normalized spacial score (nSPS) is 29.1. The van der Waals surface area contributed by atoms with Gasteiger partial charge in [0, 0.05) is 24.9 Å². The topological polar surface area (TPSA) is 70.5 Å². The van der Waals surface area contributed by atoms with Gasteiger partial charge in [-0.05, 0) is 44.0 Å². The Morgan fingerprint density at radius 3 is 2.79 bits per heavy atom. The molecule has 1 saturated carbocycles. The van der Waals surface area contributed by atoms with Crippen molar-refractivity contribution in [2.45, 2.75) is 44.4 Å². The first-order valence-corrected chi connectivity index (χ1v) is 10.2. The second-order valence-corrected chi connectivity index (χ2v) is 8.54. The van der Waals surface area contributed by atoms with Gasteiger partial charge in [-0.3, -0.25) is 0 Å². The molecule has 0 amide bonds. The molecule has 2 aliphatic rings. The van der Waals surface area contributed by atoms with Crippen molar-refractivity contribution in [3.05, 3.63) is 47.8 Å². The number of aromatic nitrogens is 2. The first-order valence-electron chi connectivity index (χ1n) is 10.2. The second kappa shape index (κ2) is 8.05. The van der Waals surface area contributed by atoms with Crippen LogP contribution in [0.5, 0.6) is 5.88 Å². The number of hydrogen-bond acceptors (Lipinski definition) is 6. The smallest absolute Gasteiger partial charge is 0.218 e. The van der Waals surface area contributed by atoms with E-state index in [1.54, 1.807) is 6.33 Å². The minimum absolute atomic E-state index is 0.0152. The number of aliphatic hydroxyl groups is 1. The molecule has 1 fully saturated rings. The molecule has 0 saturated heterocycles. The van der Waals surface area contributed by atoms with Crippen LogP contribution in [0, 0.1) is 11.8 Å². The Kier molecular flexibility index (Phi) is 5.51. The highest BCUT2D eigenvalue weighted by Crippen LogP contribution is 2.38. The van der Waals surface area contributed by atoms with E-state index in [2.05, 4.69) is 65.5 Å². The summed E-state index contributed by atoms with van der Waals surface area (Å²) in [6, 6.07) is 10.7. The molecule has 0 aliphatic heterocycles. The van der Waals surface area contributed by atoms with Crippen molar-refractivity contribution in [2.75, 3.05) is 26.0 Å². The summed E-state index contributed by atoms with van der Waals surface area (Å²) in [4.78, 5) is 10.9. The molecule has 6 heteroatoms. The number of anilines is 1. The van der Waals surface area contributed by atoms with Crippen LogP contribution >= 0.6 is 0 Å². The van der Waals surface area contributed by atoms with Gasteiger partial charge in [0.1, 0.15) is 18.2 Å². The van der Waals surface area contributed by atoms with Crippen LogP contribution in [0.1, 0.15) is 36.9 Å². The van der Waals surface area contributed by atoms with Gasteiger partial charge < -0.3 is 20.1 Å². The van der Waals surface area contributed by atoms with Crippen molar-refractivity contribution < 1.29 is 9.84 Å². The highest BCUT2D eigenvalue weighted by atomic mass is 16.5. The molecule has 0 radical (unpaired) electrons. The highest BCUT2D eigenvalue weighted by molar-refractivity contribution is 5.45. The number of benzene rings is 1. The maximum absolute atomic E-state index is 9.96. The monoisotopic (exact) mass is 382 g/mol. The third kappa shape index (κ3) is 4.13. The van der Waals surface area contributed by atoms with Crippen molar-refractivity contribution in [2.24, 2.45) is 11.8 Å². The lowest BCUT2D eigenvalue weighted by Gasteiger charge is -2.25. The number of ether oxygens (including phenoxy) is 1. The number of nitrogens with one attached hydrogen (secondary N) is 1. The second-order valence-electron chi connectivity index (χ2n) is 8.54. The Bertz CT molecular complexity index is 803. The molecule has 1 heterocycles. The third-order valence-electron chi connectivity index (χ3n) is 5.97. The molecule has 6 nitrogen and oxygen atoms in total. The Morgan fingerprint density at radius 1 is 1.21 bits per heavy atom. The fraction of sp³-hybridized carbons (Fsp3) is 0.545. The summed E-state index contributed by atoms with van der Waals surface area (Å²) in [6.45, 7) is 3.07. The van der Waals surface area contributed by atoms with E-state index in [1.165, 1.54) is 11.1 Å². The van der Waals surface area contributed by atoms with E-state index in [0.29, 0.717) is 18.2 Å². The van der Waals surface area contributed by atoms with Crippen LogP contribution in [-0.4, -0.2) is 52.8 Å². The maximum atomic E-state index is 9.96. The number of hydrogen-bond donors (Lipinski definition) is 2. The molecule has 150 valence electrons. The van der Waals surface area contributed by atoms with Crippen LogP contribution in [0.3, 0.4) is 0 Å². The largest absolute Gasteiger partial charge is 0.474 e. The Hall–Kier alpha value is -2.18. The predicted octanol–water partition coefficient (Wildman–Crippen LogP) is 2.90. The van der Waals surface area contributed by atoms with Crippen LogP contribution in [-0.2, 0) is 6.42 Å². The summed E-state index contributed by atoms with van der Waals surface area (Å²) >= 11 is 0. The lowest BCUT2D eigenvalue weighted by molar-refractivity contribution is 0.128. The summed E-state index contributed by atoms with van der Waals surface area (Å²) in [5.74, 6) is 2.10. The van der Waals surface area contributed by atoms with Crippen LogP contribution in [0.25, 0.3) is 0 Å². The minimum atomic E-state index is -0.286. The van der Waals surface area contributed by atoms with Crippen molar-refractivity contribution in [1.82, 2.24) is 14.9 Å². The van der Waals surface area contributed by atoms with Crippen LogP contribution < -0.4 is 10.1 Å². The fourth-order valence-electron chi connectivity index (χ4n) is 4.59. The van der Waals surface area contributed by atoms with Gasteiger partial charge in [-0.2, -0.15) is 0 Å². The molecule has 4 rings (SSSR count). The fourth-order valence-corrected chi connectivity index (χ4v) is 4.59. The van der Waals surface area contributed by atoms with Crippen molar-refractivity contribution >= 4 is 5.82 Å². The molecule has 2 N–H and O–H groups in total. The number of fused-ring (bicyclic) bond motifs is 1. The Morgan fingerprint density at radius 2 is 2.04 bits per heavy atom. The molecule has 1 aromatic heterocycles. The van der Waals surface area contributed by atoms with E-state index in [0.717, 1.165) is 25.2 Å².